The summed E-state index contributed by atoms with van der Waals surface area (Å²) in [5.41, 5.74) is 6.87. The number of carbonyl (C=O) groups excluding carboxylic acids is 1. The van der Waals surface area contributed by atoms with Gasteiger partial charge in [0.2, 0.25) is 0 Å². The molecule has 3 N–H and O–H groups in total. The Morgan fingerprint density at radius 2 is 1.73 bits per heavy atom. The summed E-state index contributed by atoms with van der Waals surface area (Å²) < 4.78 is 27.1. The monoisotopic (exact) mass is 354 g/mol. The van der Waals surface area contributed by atoms with Crippen molar-refractivity contribution in [2.24, 2.45) is 0 Å². The van der Waals surface area contributed by atoms with Gasteiger partial charge >= 0.3 is 0 Å². The molecule has 3 aromatic rings. The highest BCUT2D eigenvalue weighted by atomic mass is 19.1. The Bertz CT molecular complexity index is 933. The number of nitrogens with zero attached hydrogens (tertiary/aromatic N) is 2. The van der Waals surface area contributed by atoms with Crippen LogP contribution in [0.15, 0.2) is 60.9 Å². The lowest BCUT2D eigenvalue weighted by Gasteiger charge is -2.20. The number of rotatable bonds is 5. The number of hydrogen-bond acceptors (Lipinski definition) is 4. The van der Waals surface area contributed by atoms with Crippen LogP contribution in [0.2, 0.25) is 0 Å². The van der Waals surface area contributed by atoms with Gasteiger partial charge in [0, 0.05) is 12.4 Å². The first-order valence-electron chi connectivity index (χ1n) is 7.90. The number of nitrogen functional groups attached to an aromatic ring is 1. The Labute approximate surface area is 148 Å². The molecular formula is C19H16F2N4O. The molecule has 0 fully saturated rings. The quantitative estimate of drug-likeness (QED) is 0.738. The maximum absolute atomic E-state index is 13.6. The van der Waals surface area contributed by atoms with Crippen molar-refractivity contribution in [3.8, 4) is 0 Å². The molecule has 3 rings (SSSR count). The van der Waals surface area contributed by atoms with Crippen molar-refractivity contribution in [3.05, 3.63) is 89.4 Å². The topological polar surface area (TPSA) is 80.9 Å². The van der Waals surface area contributed by atoms with Gasteiger partial charge < -0.3 is 11.1 Å². The van der Waals surface area contributed by atoms with Crippen LogP contribution in [0, 0.1) is 11.6 Å². The molecule has 0 radical (unpaired) electrons. The summed E-state index contributed by atoms with van der Waals surface area (Å²) in [7, 11) is 0. The van der Waals surface area contributed by atoms with Gasteiger partial charge in [0.25, 0.3) is 5.91 Å². The highest BCUT2D eigenvalue weighted by Gasteiger charge is 2.20. The third-order valence-electron chi connectivity index (χ3n) is 3.83. The number of halogens is 2. The van der Waals surface area contributed by atoms with Crippen LogP contribution >= 0.6 is 0 Å². The molecule has 0 aliphatic heterocycles. The summed E-state index contributed by atoms with van der Waals surface area (Å²) in [4.78, 5) is 20.3. The number of nitrogens with one attached hydrogen (secondary N) is 1. The van der Waals surface area contributed by atoms with Gasteiger partial charge in [-0.25, -0.2) is 18.7 Å². The number of benzene rings is 2. The minimum atomic E-state index is -0.596. The van der Waals surface area contributed by atoms with Gasteiger partial charge in [0.1, 0.15) is 11.6 Å². The van der Waals surface area contributed by atoms with E-state index in [4.69, 9.17) is 5.73 Å². The molecule has 0 spiro atoms. The summed E-state index contributed by atoms with van der Waals surface area (Å²) in [6, 6.07) is 11.3. The summed E-state index contributed by atoms with van der Waals surface area (Å²) in [6.45, 7) is 0. The first kappa shape index (κ1) is 17.5. The lowest BCUT2D eigenvalue weighted by atomic mass is 9.98. The van der Waals surface area contributed by atoms with E-state index in [1.54, 1.807) is 24.3 Å². The fraction of sp³-hybridized carbons (Fsp3) is 0.105. The van der Waals surface area contributed by atoms with Crippen molar-refractivity contribution < 1.29 is 13.6 Å². The van der Waals surface area contributed by atoms with Crippen molar-refractivity contribution in [1.82, 2.24) is 15.3 Å². The van der Waals surface area contributed by atoms with Gasteiger partial charge in [-0.1, -0.05) is 24.3 Å². The van der Waals surface area contributed by atoms with Crippen LogP contribution in [0.5, 0.6) is 0 Å². The predicted molar refractivity (Wildman–Crippen MR) is 93.2 cm³/mol. The van der Waals surface area contributed by atoms with E-state index in [9.17, 15) is 13.6 Å². The maximum Gasteiger partial charge on any atom is 0.274 e. The molecule has 132 valence electrons. The number of amides is 1. The van der Waals surface area contributed by atoms with Crippen molar-refractivity contribution in [2.45, 2.75) is 12.5 Å². The van der Waals surface area contributed by atoms with E-state index in [0.29, 0.717) is 11.1 Å². The summed E-state index contributed by atoms with van der Waals surface area (Å²) in [6.07, 6.45) is 3.01. The van der Waals surface area contributed by atoms with Gasteiger partial charge in [0.05, 0.1) is 6.04 Å². The first-order chi connectivity index (χ1) is 12.5. The highest BCUT2D eigenvalue weighted by molar-refractivity contribution is 5.96. The molecule has 0 aliphatic carbocycles. The molecule has 1 heterocycles. The third-order valence-corrected chi connectivity index (χ3v) is 3.83. The molecule has 5 nitrogen and oxygen atoms in total. The molecule has 0 saturated heterocycles. The third kappa shape index (κ3) is 4.18. The maximum atomic E-state index is 13.6. The Morgan fingerprint density at radius 1 is 1.04 bits per heavy atom. The zero-order chi connectivity index (χ0) is 18.5. The highest BCUT2D eigenvalue weighted by Crippen LogP contribution is 2.21. The zero-order valence-corrected chi connectivity index (χ0v) is 13.7. The average molecular weight is 354 g/mol. The predicted octanol–water partition coefficient (Wildman–Crippen LogP) is 3.05. The fourth-order valence-electron chi connectivity index (χ4n) is 2.63. The summed E-state index contributed by atoms with van der Waals surface area (Å²) in [5.74, 6) is -1.36. The van der Waals surface area contributed by atoms with E-state index in [1.807, 2.05) is 0 Å². The van der Waals surface area contributed by atoms with Gasteiger partial charge in [-0.2, -0.15) is 0 Å². The van der Waals surface area contributed by atoms with Crippen LogP contribution in [0.25, 0.3) is 0 Å². The minimum Gasteiger partial charge on any atom is -0.382 e. The molecule has 1 atom stereocenters. The number of anilines is 1. The van der Waals surface area contributed by atoms with Gasteiger partial charge in [0.15, 0.2) is 11.5 Å². The molecule has 1 aromatic heterocycles. The number of hydrogen-bond donors (Lipinski definition) is 2. The summed E-state index contributed by atoms with van der Waals surface area (Å²) in [5, 5.41) is 2.78. The molecule has 0 unspecified atom stereocenters. The lowest BCUT2D eigenvalue weighted by Crippen LogP contribution is -2.31. The lowest BCUT2D eigenvalue weighted by molar-refractivity contribution is 0.0932. The van der Waals surface area contributed by atoms with E-state index >= 15 is 0 Å². The number of aromatic nitrogens is 2. The van der Waals surface area contributed by atoms with Crippen LogP contribution in [-0.2, 0) is 6.42 Å². The Morgan fingerprint density at radius 3 is 2.42 bits per heavy atom. The van der Waals surface area contributed by atoms with E-state index in [1.165, 1.54) is 36.7 Å². The second-order valence-electron chi connectivity index (χ2n) is 5.71. The van der Waals surface area contributed by atoms with Crippen molar-refractivity contribution in [3.63, 3.8) is 0 Å². The van der Waals surface area contributed by atoms with Crippen molar-refractivity contribution >= 4 is 11.7 Å². The van der Waals surface area contributed by atoms with Crippen molar-refractivity contribution in [2.75, 3.05) is 5.73 Å². The van der Waals surface area contributed by atoms with Crippen LogP contribution in [0.4, 0.5) is 14.6 Å². The number of nitrogens with two attached hydrogens (primary N) is 1. The van der Waals surface area contributed by atoms with Crippen LogP contribution in [0.3, 0.4) is 0 Å². The second-order valence-corrected chi connectivity index (χ2v) is 5.71. The molecule has 0 saturated carbocycles. The Kier molecular flexibility index (Phi) is 5.17. The molecule has 1 amide bonds. The van der Waals surface area contributed by atoms with Gasteiger partial charge in [-0.05, 0) is 41.8 Å². The number of carbonyl (C=O) groups is 1. The molecule has 2 aromatic carbocycles. The molecule has 0 aliphatic rings. The standard InChI is InChI=1S/C19H16F2N4O/c20-14-5-1-3-12(9-14)10-16(13-4-2-6-15(21)11-13)25-19(26)17-18(22)24-8-7-23-17/h1-9,11,16H,10H2,(H2,22,24)(H,25,26)/t16-/m1/s1. The van der Waals surface area contributed by atoms with Gasteiger partial charge in [-0.15, -0.1) is 0 Å². The molecule has 0 bridgehead atoms. The van der Waals surface area contributed by atoms with E-state index in [-0.39, 0.29) is 23.7 Å². The van der Waals surface area contributed by atoms with Crippen LogP contribution in [0.1, 0.15) is 27.7 Å². The first-order valence-corrected chi connectivity index (χ1v) is 7.90. The van der Waals surface area contributed by atoms with Crippen LogP contribution < -0.4 is 11.1 Å². The fourth-order valence-corrected chi connectivity index (χ4v) is 2.63. The Balaban J connectivity index is 1.90. The Hall–Kier alpha value is -3.35. The van der Waals surface area contributed by atoms with E-state index in [2.05, 4.69) is 15.3 Å². The second kappa shape index (κ2) is 7.69. The largest absolute Gasteiger partial charge is 0.382 e. The zero-order valence-electron chi connectivity index (χ0n) is 13.7. The molecule has 7 heteroatoms. The average Bonchev–Trinajstić information content (AvgIpc) is 2.61. The molecular weight excluding hydrogens is 338 g/mol. The summed E-state index contributed by atoms with van der Waals surface area (Å²) >= 11 is 0. The van der Waals surface area contributed by atoms with Gasteiger partial charge in [-0.3, -0.25) is 4.79 Å². The van der Waals surface area contributed by atoms with E-state index < -0.39 is 17.8 Å². The smallest absolute Gasteiger partial charge is 0.274 e. The van der Waals surface area contributed by atoms with Crippen molar-refractivity contribution in [1.29, 1.82) is 0 Å². The minimum absolute atomic E-state index is 0.00579. The molecule has 26 heavy (non-hydrogen) atoms. The SMILES string of the molecule is Nc1nccnc1C(=O)N[C@H](Cc1cccc(F)c1)c1cccc(F)c1. The van der Waals surface area contributed by atoms with Crippen LogP contribution in [-0.4, -0.2) is 15.9 Å². The van der Waals surface area contributed by atoms with E-state index in [0.717, 1.165) is 0 Å². The normalized spacial score (nSPS) is 11.8.